The van der Waals surface area contributed by atoms with Crippen LogP contribution in [0.5, 0.6) is 0 Å². The van der Waals surface area contributed by atoms with Crippen LogP contribution in [0.4, 0.5) is 5.95 Å². The SMILES string of the molecule is Nc1ncc(CN2CCOC3(CCCCC3NC(=O)Cc3cccs3)C2)cn1. The number of aromatic nitrogens is 2. The summed E-state index contributed by atoms with van der Waals surface area (Å²) < 4.78 is 6.34. The van der Waals surface area contributed by atoms with Crippen LogP contribution in [-0.2, 0) is 22.5 Å². The van der Waals surface area contributed by atoms with Gasteiger partial charge in [-0.25, -0.2) is 9.97 Å². The van der Waals surface area contributed by atoms with Crippen LogP contribution in [0.3, 0.4) is 0 Å². The summed E-state index contributed by atoms with van der Waals surface area (Å²) in [5, 5.41) is 5.29. The van der Waals surface area contributed by atoms with Crippen LogP contribution in [0.15, 0.2) is 29.9 Å². The maximum absolute atomic E-state index is 12.6. The second-order valence-corrected chi connectivity index (χ2v) is 8.73. The number of anilines is 1. The van der Waals surface area contributed by atoms with Crippen LogP contribution in [0.2, 0.25) is 0 Å². The van der Waals surface area contributed by atoms with Crippen molar-refractivity contribution in [2.75, 3.05) is 25.4 Å². The van der Waals surface area contributed by atoms with Crippen molar-refractivity contribution in [3.8, 4) is 0 Å². The molecule has 1 saturated carbocycles. The van der Waals surface area contributed by atoms with Crippen LogP contribution >= 0.6 is 11.3 Å². The maximum atomic E-state index is 12.6. The first-order chi connectivity index (χ1) is 13.6. The molecule has 2 fully saturated rings. The summed E-state index contributed by atoms with van der Waals surface area (Å²) in [5.41, 5.74) is 6.32. The van der Waals surface area contributed by atoms with Gasteiger partial charge in [0.15, 0.2) is 0 Å². The zero-order chi connectivity index (χ0) is 19.4. The normalized spacial score (nSPS) is 25.6. The fraction of sp³-hybridized carbons (Fsp3) is 0.550. The lowest BCUT2D eigenvalue weighted by atomic mass is 9.78. The Hall–Kier alpha value is -2.03. The minimum absolute atomic E-state index is 0.0548. The highest BCUT2D eigenvalue weighted by Crippen LogP contribution is 2.35. The summed E-state index contributed by atoms with van der Waals surface area (Å²) in [5.74, 6) is 0.379. The second-order valence-electron chi connectivity index (χ2n) is 7.70. The van der Waals surface area contributed by atoms with E-state index in [0.717, 1.165) is 55.8 Å². The average Bonchev–Trinajstić information content (AvgIpc) is 3.19. The number of nitrogens with one attached hydrogen (secondary N) is 1. The van der Waals surface area contributed by atoms with Gasteiger partial charge in [0.25, 0.3) is 0 Å². The topological polar surface area (TPSA) is 93.4 Å². The van der Waals surface area contributed by atoms with Crippen molar-refractivity contribution in [1.82, 2.24) is 20.2 Å². The Morgan fingerprint density at radius 1 is 1.39 bits per heavy atom. The fourth-order valence-electron chi connectivity index (χ4n) is 4.31. The number of hydrogen-bond acceptors (Lipinski definition) is 7. The number of ether oxygens (including phenoxy) is 1. The largest absolute Gasteiger partial charge is 0.370 e. The number of nitrogens with zero attached hydrogens (tertiary/aromatic N) is 3. The highest BCUT2D eigenvalue weighted by Gasteiger charge is 2.45. The lowest BCUT2D eigenvalue weighted by molar-refractivity contribution is -0.151. The molecule has 2 aromatic rings. The molecule has 3 heterocycles. The quantitative estimate of drug-likeness (QED) is 0.796. The molecule has 28 heavy (non-hydrogen) atoms. The zero-order valence-electron chi connectivity index (χ0n) is 16.0. The smallest absolute Gasteiger partial charge is 0.225 e. The van der Waals surface area contributed by atoms with Crippen LogP contribution in [-0.4, -0.2) is 52.1 Å². The molecule has 2 atom stereocenters. The predicted molar refractivity (Wildman–Crippen MR) is 109 cm³/mol. The Labute approximate surface area is 169 Å². The van der Waals surface area contributed by atoms with E-state index in [0.29, 0.717) is 19.0 Å². The second kappa shape index (κ2) is 8.55. The molecule has 4 rings (SSSR count). The third-order valence-electron chi connectivity index (χ3n) is 5.65. The Kier molecular flexibility index (Phi) is 5.89. The van der Waals surface area contributed by atoms with Gasteiger partial charge in [0, 0.05) is 42.5 Å². The van der Waals surface area contributed by atoms with E-state index in [2.05, 4.69) is 20.2 Å². The van der Waals surface area contributed by atoms with Crippen LogP contribution < -0.4 is 11.1 Å². The molecular formula is C20H27N5O2S. The van der Waals surface area contributed by atoms with E-state index in [1.165, 1.54) is 0 Å². The molecule has 150 valence electrons. The Balaban J connectivity index is 1.42. The number of carbonyl (C=O) groups excluding carboxylic acids is 1. The molecule has 2 aliphatic rings. The molecule has 2 aromatic heterocycles. The molecule has 0 bridgehead atoms. The van der Waals surface area contributed by atoms with Gasteiger partial charge < -0.3 is 15.8 Å². The molecule has 3 N–H and O–H groups in total. The van der Waals surface area contributed by atoms with E-state index in [9.17, 15) is 4.79 Å². The number of morpholine rings is 1. The average molecular weight is 402 g/mol. The van der Waals surface area contributed by atoms with Gasteiger partial charge >= 0.3 is 0 Å². The molecule has 1 aliphatic carbocycles. The summed E-state index contributed by atoms with van der Waals surface area (Å²) in [6.07, 6.45) is 8.21. The molecule has 7 nitrogen and oxygen atoms in total. The summed E-state index contributed by atoms with van der Waals surface area (Å²) in [4.78, 5) is 24.3. The van der Waals surface area contributed by atoms with Crippen molar-refractivity contribution >= 4 is 23.2 Å². The van der Waals surface area contributed by atoms with E-state index < -0.39 is 0 Å². The molecule has 0 radical (unpaired) electrons. The van der Waals surface area contributed by atoms with Gasteiger partial charge in [-0.15, -0.1) is 11.3 Å². The third-order valence-corrected chi connectivity index (χ3v) is 6.52. The van der Waals surface area contributed by atoms with Crippen LogP contribution in [0.25, 0.3) is 0 Å². The van der Waals surface area contributed by atoms with E-state index in [4.69, 9.17) is 10.5 Å². The number of carbonyl (C=O) groups is 1. The first-order valence-corrected chi connectivity index (χ1v) is 10.8. The van der Waals surface area contributed by atoms with Gasteiger partial charge in [-0.1, -0.05) is 18.9 Å². The number of nitrogen functional groups attached to an aromatic ring is 1. The van der Waals surface area contributed by atoms with Gasteiger partial charge in [0.2, 0.25) is 11.9 Å². The molecule has 2 unspecified atom stereocenters. The van der Waals surface area contributed by atoms with Crippen molar-refractivity contribution in [1.29, 1.82) is 0 Å². The van der Waals surface area contributed by atoms with E-state index >= 15 is 0 Å². The summed E-state index contributed by atoms with van der Waals surface area (Å²) in [6, 6.07) is 4.05. The third kappa shape index (κ3) is 4.51. The highest BCUT2D eigenvalue weighted by atomic mass is 32.1. The van der Waals surface area contributed by atoms with Crippen LogP contribution in [0, 0.1) is 0 Å². The van der Waals surface area contributed by atoms with Crippen molar-refractivity contribution in [3.63, 3.8) is 0 Å². The number of thiophene rings is 1. The Morgan fingerprint density at radius 2 is 2.25 bits per heavy atom. The molecule has 0 aromatic carbocycles. The minimum atomic E-state index is -0.309. The summed E-state index contributed by atoms with van der Waals surface area (Å²) >= 11 is 1.62. The van der Waals surface area contributed by atoms with Crippen molar-refractivity contribution in [2.24, 2.45) is 0 Å². The molecule has 1 saturated heterocycles. The number of nitrogens with two attached hydrogens (primary N) is 1. The van der Waals surface area contributed by atoms with Gasteiger partial charge in [0.05, 0.1) is 19.1 Å². The molecule has 8 heteroatoms. The van der Waals surface area contributed by atoms with Gasteiger partial charge in [-0.2, -0.15) is 0 Å². The lowest BCUT2D eigenvalue weighted by Gasteiger charge is -2.49. The Bertz CT molecular complexity index is 778. The molecular weight excluding hydrogens is 374 g/mol. The summed E-state index contributed by atoms with van der Waals surface area (Å²) in [7, 11) is 0. The molecule has 1 spiro atoms. The van der Waals surface area contributed by atoms with Crippen LogP contribution in [0.1, 0.15) is 36.1 Å². The van der Waals surface area contributed by atoms with E-state index in [-0.39, 0.29) is 17.6 Å². The first-order valence-electron chi connectivity index (χ1n) is 9.87. The van der Waals surface area contributed by atoms with Crippen molar-refractivity contribution < 1.29 is 9.53 Å². The van der Waals surface area contributed by atoms with Gasteiger partial charge in [0.1, 0.15) is 5.60 Å². The Morgan fingerprint density at radius 3 is 3.04 bits per heavy atom. The number of rotatable bonds is 5. The molecule has 1 amide bonds. The maximum Gasteiger partial charge on any atom is 0.225 e. The fourth-order valence-corrected chi connectivity index (χ4v) is 5.02. The number of hydrogen-bond donors (Lipinski definition) is 2. The van der Waals surface area contributed by atoms with Crippen molar-refractivity contribution in [2.45, 2.75) is 50.3 Å². The predicted octanol–water partition coefficient (Wildman–Crippen LogP) is 1.99. The monoisotopic (exact) mass is 401 g/mol. The number of amides is 1. The van der Waals surface area contributed by atoms with E-state index in [1.54, 1.807) is 23.7 Å². The molecule has 1 aliphatic heterocycles. The van der Waals surface area contributed by atoms with Crippen molar-refractivity contribution in [3.05, 3.63) is 40.3 Å². The summed E-state index contributed by atoms with van der Waals surface area (Å²) in [6.45, 7) is 3.11. The highest BCUT2D eigenvalue weighted by molar-refractivity contribution is 7.10. The van der Waals surface area contributed by atoms with E-state index in [1.807, 2.05) is 17.5 Å². The zero-order valence-corrected chi connectivity index (χ0v) is 16.8. The van der Waals surface area contributed by atoms with Gasteiger partial charge in [-0.3, -0.25) is 9.69 Å². The standard InChI is InChI=1S/C20H27N5O2S/c21-19-22-11-15(12-23-19)13-25-7-8-27-20(14-25)6-2-1-5-17(20)24-18(26)10-16-4-3-9-28-16/h3-4,9,11-12,17H,1-2,5-8,10,13-14H2,(H,24,26)(H2,21,22,23). The first kappa shape index (κ1) is 19.3. The lowest BCUT2D eigenvalue weighted by Crippen LogP contribution is -2.64. The van der Waals surface area contributed by atoms with Gasteiger partial charge in [-0.05, 0) is 24.3 Å². The minimum Gasteiger partial charge on any atom is -0.370 e.